The zero-order valence-corrected chi connectivity index (χ0v) is 15.2. The van der Waals surface area contributed by atoms with Crippen LogP contribution >= 0.6 is 15.9 Å². The SMILES string of the molecule is CCCN(CC1CC1)C(=O)CS(=O)(=O)Cc1cccc(Br)c1. The maximum absolute atomic E-state index is 12.3. The standard InChI is InChI=1S/C16H22BrNO3S/c1-2-8-18(10-13-6-7-13)16(19)12-22(20,21)11-14-4-3-5-15(17)9-14/h3-5,9,13H,2,6-8,10-12H2,1H3. The van der Waals surface area contributed by atoms with Crippen LogP contribution in [0.4, 0.5) is 0 Å². The number of halogens is 1. The minimum absolute atomic E-state index is 0.0957. The molecular formula is C16H22BrNO3S. The molecule has 0 unspecified atom stereocenters. The van der Waals surface area contributed by atoms with Crippen LogP contribution in [0.15, 0.2) is 28.7 Å². The third-order valence-corrected chi connectivity index (χ3v) is 5.59. The highest BCUT2D eigenvalue weighted by Crippen LogP contribution is 2.29. The average molecular weight is 388 g/mol. The zero-order valence-electron chi connectivity index (χ0n) is 12.8. The number of carbonyl (C=O) groups is 1. The van der Waals surface area contributed by atoms with Crippen molar-refractivity contribution in [1.82, 2.24) is 4.90 Å². The maximum Gasteiger partial charge on any atom is 0.237 e. The molecule has 0 heterocycles. The van der Waals surface area contributed by atoms with E-state index in [0.717, 1.165) is 23.7 Å². The summed E-state index contributed by atoms with van der Waals surface area (Å²) in [7, 11) is -3.44. The van der Waals surface area contributed by atoms with E-state index in [1.807, 2.05) is 13.0 Å². The normalized spacial score (nSPS) is 14.8. The van der Waals surface area contributed by atoms with E-state index < -0.39 is 15.6 Å². The fourth-order valence-electron chi connectivity index (χ4n) is 2.41. The Labute approximate surface area is 140 Å². The Kier molecular flexibility index (Phi) is 6.03. The number of amides is 1. The van der Waals surface area contributed by atoms with E-state index in [1.54, 1.807) is 23.1 Å². The van der Waals surface area contributed by atoms with Gasteiger partial charge >= 0.3 is 0 Å². The molecule has 0 bridgehead atoms. The summed E-state index contributed by atoms with van der Waals surface area (Å²) in [6.07, 6.45) is 3.15. The molecule has 0 saturated heterocycles. The van der Waals surface area contributed by atoms with Crippen LogP contribution in [-0.4, -0.2) is 38.1 Å². The van der Waals surface area contributed by atoms with Gasteiger partial charge in [-0.05, 0) is 42.9 Å². The summed E-state index contributed by atoms with van der Waals surface area (Å²) in [6, 6.07) is 7.18. The Morgan fingerprint density at radius 3 is 2.68 bits per heavy atom. The first-order valence-corrected chi connectivity index (χ1v) is 10.2. The molecule has 2 rings (SSSR count). The number of hydrogen-bond donors (Lipinski definition) is 0. The van der Waals surface area contributed by atoms with Crippen molar-refractivity contribution in [3.05, 3.63) is 34.3 Å². The Hall–Kier alpha value is -0.880. The van der Waals surface area contributed by atoms with E-state index in [1.165, 1.54) is 0 Å². The fraction of sp³-hybridized carbons (Fsp3) is 0.562. The molecule has 0 aromatic heterocycles. The first kappa shape index (κ1) is 17.5. The van der Waals surface area contributed by atoms with Gasteiger partial charge in [0.2, 0.25) is 5.91 Å². The van der Waals surface area contributed by atoms with Crippen molar-refractivity contribution in [2.45, 2.75) is 31.9 Å². The molecule has 0 N–H and O–H groups in total. The second-order valence-electron chi connectivity index (χ2n) is 5.95. The summed E-state index contributed by atoms with van der Waals surface area (Å²) >= 11 is 3.33. The van der Waals surface area contributed by atoms with Crippen LogP contribution in [0.3, 0.4) is 0 Å². The van der Waals surface area contributed by atoms with Gasteiger partial charge in [0.05, 0.1) is 5.75 Å². The summed E-state index contributed by atoms with van der Waals surface area (Å²) in [4.78, 5) is 14.0. The van der Waals surface area contributed by atoms with Gasteiger partial charge in [-0.2, -0.15) is 0 Å². The van der Waals surface area contributed by atoms with Gasteiger partial charge in [0.15, 0.2) is 9.84 Å². The van der Waals surface area contributed by atoms with Crippen LogP contribution in [0, 0.1) is 5.92 Å². The molecule has 122 valence electrons. The third-order valence-electron chi connectivity index (χ3n) is 3.64. The summed E-state index contributed by atoms with van der Waals surface area (Å²) < 4.78 is 25.4. The maximum atomic E-state index is 12.3. The van der Waals surface area contributed by atoms with E-state index in [9.17, 15) is 13.2 Å². The average Bonchev–Trinajstić information content (AvgIpc) is 3.21. The minimum Gasteiger partial charge on any atom is -0.342 e. The van der Waals surface area contributed by atoms with E-state index in [2.05, 4.69) is 15.9 Å². The lowest BCUT2D eigenvalue weighted by Crippen LogP contribution is -2.38. The molecule has 22 heavy (non-hydrogen) atoms. The highest BCUT2D eigenvalue weighted by atomic mass is 79.9. The van der Waals surface area contributed by atoms with E-state index in [-0.39, 0.29) is 11.7 Å². The second-order valence-corrected chi connectivity index (χ2v) is 8.93. The van der Waals surface area contributed by atoms with Crippen LogP contribution in [-0.2, 0) is 20.4 Å². The number of sulfone groups is 1. The summed E-state index contributed by atoms with van der Waals surface area (Å²) in [5.41, 5.74) is 0.700. The van der Waals surface area contributed by atoms with Crippen LogP contribution in [0.2, 0.25) is 0 Å². The van der Waals surface area contributed by atoms with Gasteiger partial charge in [-0.3, -0.25) is 4.79 Å². The van der Waals surface area contributed by atoms with Crippen LogP contribution in [0.1, 0.15) is 31.7 Å². The second kappa shape index (κ2) is 7.59. The van der Waals surface area contributed by atoms with Gasteiger partial charge in [-0.25, -0.2) is 8.42 Å². The number of hydrogen-bond acceptors (Lipinski definition) is 3. The number of benzene rings is 1. The fourth-order valence-corrected chi connectivity index (χ4v) is 4.21. The molecule has 4 nitrogen and oxygen atoms in total. The van der Waals surface area contributed by atoms with Crippen LogP contribution in [0.5, 0.6) is 0 Å². The quantitative estimate of drug-likeness (QED) is 0.688. The molecule has 1 amide bonds. The summed E-state index contributed by atoms with van der Waals surface area (Å²) in [6.45, 7) is 3.35. The van der Waals surface area contributed by atoms with E-state index in [4.69, 9.17) is 0 Å². The van der Waals surface area contributed by atoms with Gasteiger partial charge in [-0.1, -0.05) is 35.0 Å². The first-order chi connectivity index (χ1) is 10.4. The van der Waals surface area contributed by atoms with E-state index >= 15 is 0 Å². The number of rotatable bonds is 8. The molecule has 1 fully saturated rings. The Balaban J connectivity index is 1.98. The van der Waals surface area contributed by atoms with Crippen molar-refractivity contribution < 1.29 is 13.2 Å². The van der Waals surface area contributed by atoms with Gasteiger partial charge in [0, 0.05) is 17.6 Å². The molecule has 0 atom stereocenters. The molecule has 0 spiro atoms. The Morgan fingerprint density at radius 1 is 1.36 bits per heavy atom. The molecule has 6 heteroatoms. The third kappa shape index (κ3) is 5.72. The Morgan fingerprint density at radius 2 is 2.09 bits per heavy atom. The molecule has 1 aliphatic carbocycles. The minimum atomic E-state index is -3.44. The molecule has 1 aromatic carbocycles. The highest BCUT2D eigenvalue weighted by Gasteiger charge is 2.28. The van der Waals surface area contributed by atoms with Crippen molar-refractivity contribution in [1.29, 1.82) is 0 Å². The van der Waals surface area contributed by atoms with Crippen molar-refractivity contribution in [3.63, 3.8) is 0 Å². The predicted octanol–water partition coefficient (Wildman–Crippen LogP) is 3.01. The van der Waals surface area contributed by atoms with E-state index in [0.29, 0.717) is 24.6 Å². The lowest BCUT2D eigenvalue weighted by atomic mass is 10.2. The lowest BCUT2D eigenvalue weighted by molar-refractivity contribution is -0.128. The Bertz CT molecular complexity index is 626. The molecular weight excluding hydrogens is 366 g/mol. The van der Waals surface area contributed by atoms with Gasteiger partial charge in [0.1, 0.15) is 5.75 Å². The smallest absolute Gasteiger partial charge is 0.237 e. The largest absolute Gasteiger partial charge is 0.342 e. The number of nitrogens with zero attached hydrogens (tertiary/aromatic N) is 1. The predicted molar refractivity (Wildman–Crippen MR) is 91.2 cm³/mol. The van der Waals surface area contributed by atoms with Crippen LogP contribution in [0.25, 0.3) is 0 Å². The first-order valence-electron chi connectivity index (χ1n) is 7.62. The van der Waals surface area contributed by atoms with Crippen molar-refractivity contribution in [2.24, 2.45) is 5.92 Å². The van der Waals surface area contributed by atoms with Crippen molar-refractivity contribution in [2.75, 3.05) is 18.8 Å². The topological polar surface area (TPSA) is 54.5 Å². The number of carbonyl (C=O) groups excluding carboxylic acids is 1. The molecule has 0 radical (unpaired) electrons. The molecule has 1 aromatic rings. The summed E-state index contributed by atoms with van der Waals surface area (Å²) in [5.74, 6) is -0.180. The van der Waals surface area contributed by atoms with Crippen LogP contribution < -0.4 is 0 Å². The zero-order chi connectivity index (χ0) is 16.2. The molecule has 0 aliphatic heterocycles. The van der Waals surface area contributed by atoms with Crippen molar-refractivity contribution in [3.8, 4) is 0 Å². The highest BCUT2D eigenvalue weighted by molar-refractivity contribution is 9.10. The van der Waals surface area contributed by atoms with Gasteiger partial charge in [-0.15, -0.1) is 0 Å². The van der Waals surface area contributed by atoms with Gasteiger partial charge in [0.25, 0.3) is 0 Å². The van der Waals surface area contributed by atoms with Crippen molar-refractivity contribution >= 4 is 31.7 Å². The van der Waals surface area contributed by atoms with Gasteiger partial charge < -0.3 is 4.90 Å². The lowest BCUT2D eigenvalue weighted by Gasteiger charge is -2.22. The molecule has 1 saturated carbocycles. The monoisotopic (exact) mass is 387 g/mol. The summed E-state index contributed by atoms with van der Waals surface area (Å²) in [5, 5.41) is 0. The molecule has 1 aliphatic rings.